The van der Waals surface area contributed by atoms with Crippen LogP contribution in [0.25, 0.3) is 16.8 Å². The first-order chi connectivity index (χ1) is 15.7. The van der Waals surface area contributed by atoms with Crippen LogP contribution in [0, 0.1) is 6.92 Å². The maximum atomic E-state index is 13.8. The topological polar surface area (TPSA) is 88.5 Å². The van der Waals surface area contributed by atoms with Gasteiger partial charge in [-0.1, -0.05) is 48.5 Å². The van der Waals surface area contributed by atoms with E-state index in [0.29, 0.717) is 15.8 Å². The van der Waals surface area contributed by atoms with E-state index >= 15 is 0 Å². The van der Waals surface area contributed by atoms with Crippen molar-refractivity contribution >= 4 is 17.2 Å². The van der Waals surface area contributed by atoms with Crippen molar-refractivity contribution in [3.8, 4) is 11.1 Å². The summed E-state index contributed by atoms with van der Waals surface area (Å²) in [6, 6.07) is 14.7. The van der Waals surface area contributed by atoms with Crippen molar-refractivity contribution in [2.24, 2.45) is 0 Å². The molecule has 0 aliphatic heterocycles. The van der Waals surface area contributed by atoms with Crippen LogP contribution in [0.15, 0.2) is 59.4 Å². The van der Waals surface area contributed by atoms with Crippen molar-refractivity contribution in [1.29, 1.82) is 0 Å². The van der Waals surface area contributed by atoms with Crippen LogP contribution < -0.4 is 10.9 Å². The fourth-order valence-electron chi connectivity index (χ4n) is 3.64. The molecule has 1 amide bonds. The van der Waals surface area contributed by atoms with E-state index in [4.69, 9.17) is 4.74 Å². The number of carbonyl (C=O) groups is 1. The van der Waals surface area contributed by atoms with E-state index in [1.165, 1.54) is 26.2 Å². The van der Waals surface area contributed by atoms with Gasteiger partial charge in [-0.05, 0) is 18.6 Å². The normalized spacial score (nSPS) is 11.7. The number of aromatic nitrogens is 3. The minimum absolute atomic E-state index is 0.111. The molecule has 0 radical (unpaired) electrons. The van der Waals surface area contributed by atoms with Gasteiger partial charge in [-0.2, -0.15) is 22.8 Å². The molecule has 0 unspecified atom stereocenters. The van der Waals surface area contributed by atoms with Crippen LogP contribution in [0.3, 0.4) is 0 Å². The van der Waals surface area contributed by atoms with Gasteiger partial charge in [-0.15, -0.1) is 0 Å². The largest absolute Gasteiger partial charge is 0.435 e. The number of aryl methyl sites for hydroxylation is 1. The SMILES string of the molecule is COCc1ccccc1NC(=O)c1c(C)[nH]c2c(-c3ccccc3)c(C(F)(F)F)nn2c1=O. The smallest absolute Gasteiger partial charge is 0.380 e. The van der Waals surface area contributed by atoms with E-state index < -0.39 is 23.3 Å². The summed E-state index contributed by atoms with van der Waals surface area (Å²) in [5.41, 5.74) is -1.49. The zero-order valence-corrected chi connectivity index (χ0v) is 17.7. The summed E-state index contributed by atoms with van der Waals surface area (Å²) in [7, 11) is 1.50. The number of para-hydroxylation sites is 1. The molecule has 0 saturated carbocycles. The molecule has 7 nitrogen and oxygen atoms in total. The van der Waals surface area contributed by atoms with Gasteiger partial charge in [0.1, 0.15) is 11.2 Å². The second-order valence-electron chi connectivity index (χ2n) is 7.32. The van der Waals surface area contributed by atoms with Gasteiger partial charge in [-0.3, -0.25) is 9.59 Å². The molecule has 4 rings (SSSR count). The summed E-state index contributed by atoms with van der Waals surface area (Å²) < 4.78 is 47.1. The Labute approximate surface area is 185 Å². The Hall–Kier alpha value is -3.92. The zero-order valence-electron chi connectivity index (χ0n) is 17.7. The molecule has 0 bridgehead atoms. The molecule has 0 atom stereocenters. The van der Waals surface area contributed by atoms with Gasteiger partial charge in [0, 0.05) is 24.1 Å². The molecule has 2 N–H and O–H groups in total. The highest BCUT2D eigenvalue weighted by Gasteiger charge is 2.39. The molecule has 4 aromatic rings. The van der Waals surface area contributed by atoms with Crippen LogP contribution in [0.5, 0.6) is 0 Å². The fourth-order valence-corrected chi connectivity index (χ4v) is 3.64. The number of nitrogens with one attached hydrogen (secondary N) is 2. The number of amides is 1. The molecule has 2 aromatic heterocycles. The lowest BCUT2D eigenvalue weighted by molar-refractivity contribution is -0.140. The molecule has 33 heavy (non-hydrogen) atoms. The summed E-state index contributed by atoms with van der Waals surface area (Å²) in [4.78, 5) is 28.9. The number of halogens is 3. The Balaban J connectivity index is 1.88. The molecule has 0 spiro atoms. The Bertz CT molecular complexity index is 1390. The standard InChI is InChI=1S/C23H19F3N4O3/c1-13-17(21(31)28-16-11-7-6-10-15(16)12-33-2)22(32)30-20(27-13)18(14-8-4-3-5-9-14)19(29-30)23(24,25)26/h3-11,27H,12H2,1-2H3,(H,28,31). The van der Waals surface area contributed by atoms with Crippen LogP contribution >= 0.6 is 0 Å². The number of anilines is 1. The lowest BCUT2D eigenvalue weighted by Gasteiger charge is -2.12. The predicted octanol–water partition coefficient (Wildman–Crippen LogP) is 4.42. The number of aromatic amines is 1. The van der Waals surface area contributed by atoms with E-state index in [9.17, 15) is 22.8 Å². The third-order valence-electron chi connectivity index (χ3n) is 5.10. The van der Waals surface area contributed by atoms with Crippen molar-refractivity contribution in [1.82, 2.24) is 14.6 Å². The first-order valence-electron chi connectivity index (χ1n) is 9.88. The van der Waals surface area contributed by atoms with E-state index in [0.717, 1.165) is 0 Å². The Morgan fingerprint density at radius 2 is 1.79 bits per heavy atom. The van der Waals surface area contributed by atoms with Crippen molar-refractivity contribution < 1.29 is 22.7 Å². The highest BCUT2D eigenvalue weighted by Crippen LogP contribution is 2.38. The second-order valence-corrected chi connectivity index (χ2v) is 7.32. The molecule has 2 aromatic carbocycles. The number of alkyl halides is 3. The Kier molecular flexibility index (Phi) is 5.77. The summed E-state index contributed by atoms with van der Waals surface area (Å²) >= 11 is 0. The molecule has 0 aliphatic carbocycles. The average Bonchev–Trinajstić information content (AvgIpc) is 3.16. The van der Waals surface area contributed by atoms with Crippen LogP contribution in [0.1, 0.15) is 27.3 Å². The van der Waals surface area contributed by atoms with Crippen molar-refractivity contribution in [2.75, 3.05) is 12.4 Å². The van der Waals surface area contributed by atoms with Crippen LogP contribution in [-0.2, 0) is 17.5 Å². The van der Waals surface area contributed by atoms with Gasteiger partial charge in [0.15, 0.2) is 5.69 Å². The minimum atomic E-state index is -4.81. The summed E-state index contributed by atoms with van der Waals surface area (Å²) in [5.74, 6) is -0.774. The van der Waals surface area contributed by atoms with Gasteiger partial charge >= 0.3 is 6.18 Å². The first-order valence-corrected chi connectivity index (χ1v) is 9.88. The van der Waals surface area contributed by atoms with Crippen LogP contribution in [-0.4, -0.2) is 27.6 Å². The lowest BCUT2D eigenvalue weighted by Crippen LogP contribution is -2.29. The summed E-state index contributed by atoms with van der Waals surface area (Å²) in [6.07, 6.45) is -4.81. The molecule has 10 heteroatoms. The van der Waals surface area contributed by atoms with Crippen LogP contribution in [0.4, 0.5) is 18.9 Å². The monoisotopic (exact) mass is 456 g/mol. The molecule has 170 valence electrons. The van der Waals surface area contributed by atoms with Gasteiger partial charge < -0.3 is 15.0 Å². The van der Waals surface area contributed by atoms with Crippen molar-refractivity contribution in [3.05, 3.63) is 87.5 Å². The number of carbonyl (C=O) groups excluding carboxylic acids is 1. The molecule has 0 aliphatic rings. The number of nitrogens with zero attached hydrogens (tertiary/aromatic N) is 2. The zero-order chi connectivity index (χ0) is 23.8. The van der Waals surface area contributed by atoms with Gasteiger partial charge in [0.25, 0.3) is 11.5 Å². The van der Waals surface area contributed by atoms with Crippen LogP contribution in [0.2, 0.25) is 0 Å². The number of hydrogen-bond acceptors (Lipinski definition) is 4. The third-order valence-corrected chi connectivity index (χ3v) is 5.10. The highest BCUT2D eigenvalue weighted by molar-refractivity contribution is 6.05. The number of fused-ring (bicyclic) bond motifs is 1. The maximum Gasteiger partial charge on any atom is 0.435 e. The quantitative estimate of drug-likeness (QED) is 0.466. The molecule has 0 fully saturated rings. The number of benzene rings is 2. The lowest BCUT2D eigenvalue weighted by atomic mass is 10.1. The molecular weight excluding hydrogens is 437 g/mol. The van der Waals surface area contributed by atoms with E-state index in [-0.39, 0.29) is 34.6 Å². The number of rotatable bonds is 5. The second kappa shape index (κ2) is 8.55. The minimum Gasteiger partial charge on any atom is -0.380 e. The third kappa shape index (κ3) is 4.12. The summed E-state index contributed by atoms with van der Waals surface area (Å²) in [5, 5.41) is 6.19. The van der Waals surface area contributed by atoms with E-state index in [1.807, 2.05) is 0 Å². The average molecular weight is 456 g/mol. The van der Waals surface area contributed by atoms with Crippen molar-refractivity contribution in [3.63, 3.8) is 0 Å². The number of methoxy groups -OCH3 is 1. The van der Waals surface area contributed by atoms with Gasteiger partial charge in [0.2, 0.25) is 0 Å². The summed E-state index contributed by atoms with van der Waals surface area (Å²) in [6.45, 7) is 1.67. The number of H-pyrrole nitrogens is 1. The number of hydrogen-bond donors (Lipinski definition) is 2. The maximum absolute atomic E-state index is 13.8. The van der Waals surface area contributed by atoms with E-state index in [1.54, 1.807) is 42.5 Å². The molecule has 0 saturated heterocycles. The number of ether oxygens (including phenoxy) is 1. The highest BCUT2D eigenvalue weighted by atomic mass is 19.4. The molecule has 2 heterocycles. The predicted molar refractivity (Wildman–Crippen MR) is 116 cm³/mol. The van der Waals surface area contributed by atoms with Gasteiger partial charge in [0.05, 0.1) is 12.2 Å². The van der Waals surface area contributed by atoms with E-state index in [2.05, 4.69) is 15.4 Å². The molecular formula is C23H19F3N4O3. The fraction of sp³-hybridized carbons (Fsp3) is 0.174. The van der Waals surface area contributed by atoms with Crippen molar-refractivity contribution in [2.45, 2.75) is 19.7 Å². The van der Waals surface area contributed by atoms with Gasteiger partial charge in [-0.25, -0.2) is 0 Å². The Morgan fingerprint density at radius 1 is 1.12 bits per heavy atom. The first kappa shape index (κ1) is 22.3. The Morgan fingerprint density at radius 3 is 2.45 bits per heavy atom.